The zero-order chi connectivity index (χ0) is 17.3. The van der Waals surface area contributed by atoms with Crippen LogP contribution in [0.5, 0.6) is 0 Å². The second kappa shape index (κ2) is 6.60. The second-order valence-electron chi connectivity index (χ2n) is 5.67. The van der Waals surface area contributed by atoms with E-state index in [0.717, 1.165) is 5.75 Å². The van der Waals surface area contributed by atoms with Gasteiger partial charge in [0.1, 0.15) is 5.84 Å². The minimum atomic E-state index is -3.43. The maximum absolute atomic E-state index is 12.8. The van der Waals surface area contributed by atoms with Gasteiger partial charge in [-0.1, -0.05) is 0 Å². The van der Waals surface area contributed by atoms with Gasteiger partial charge in [-0.15, -0.1) is 4.40 Å². The first kappa shape index (κ1) is 17.0. The lowest BCUT2D eigenvalue weighted by Gasteiger charge is -2.36. The molecule has 0 aromatic carbocycles. The molecule has 1 atom stereocenters. The molecule has 24 heavy (non-hydrogen) atoms. The van der Waals surface area contributed by atoms with Crippen molar-refractivity contribution in [2.45, 2.75) is 12.5 Å². The average Bonchev–Trinajstić information content (AvgIpc) is 2.53. The predicted octanol–water partition coefficient (Wildman–Crippen LogP) is -0.0973. The normalized spacial score (nSPS) is 25.6. The molecule has 1 saturated heterocycles. The van der Waals surface area contributed by atoms with Gasteiger partial charge in [0.15, 0.2) is 0 Å². The molecule has 3 aliphatic rings. The molecule has 0 spiro atoms. The van der Waals surface area contributed by atoms with E-state index in [4.69, 9.17) is 5.11 Å². The summed E-state index contributed by atoms with van der Waals surface area (Å²) in [6.07, 6.45) is 4.56. The van der Waals surface area contributed by atoms with Crippen LogP contribution < -0.4 is 0 Å². The van der Waals surface area contributed by atoms with Gasteiger partial charge in [0.2, 0.25) is 0 Å². The van der Waals surface area contributed by atoms with Crippen LogP contribution in [0.1, 0.15) is 6.42 Å². The van der Waals surface area contributed by atoms with Crippen LogP contribution in [0.25, 0.3) is 0 Å². The number of amidine groups is 1. The number of thioether (sulfide) groups is 1. The first-order chi connectivity index (χ1) is 11.4. The molecule has 1 fully saturated rings. The number of carbonyl (C=O) groups excluding carboxylic acids is 1. The van der Waals surface area contributed by atoms with Crippen LogP contribution in [0, 0.1) is 0 Å². The number of sulfonamides is 1. The summed E-state index contributed by atoms with van der Waals surface area (Å²) in [6, 6.07) is -0.333. The van der Waals surface area contributed by atoms with Crippen LogP contribution in [-0.4, -0.2) is 77.4 Å². The van der Waals surface area contributed by atoms with Crippen LogP contribution >= 0.6 is 11.8 Å². The summed E-state index contributed by atoms with van der Waals surface area (Å²) >= 11 is 1.64. The first-order valence-electron chi connectivity index (χ1n) is 7.45. The number of hydrogen-bond acceptors (Lipinski definition) is 6. The number of fused-ring (bicyclic) bond motifs is 1. The summed E-state index contributed by atoms with van der Waals surface area (Å²) in [5.74, 6) is 0.421. The van der Waals surface area contributed by atoms with Crippen molar-refractivity contribution in [3.8, 4) is 0 Å². The van der Waals surface area contributed by atoms with E-state index in [2.05, 4.69) is 4.40 Å². The highest BCUT2D eigenvalue weighted by molar-refractivity contribution is 7.99. The molecule has 1 unspecified atom stereocenters. The number of carboxylic acid groups (broad SMARTS) is 1. The Morgan fingerprint density at radius 1 is 1.33 bits per heavy atom. The summed E-state index contributed by atoms with van der Waals surface area (Å²) in [7, 11) is -3.43. The van der Waals surface area contributed by atoms with E-state index in [1.807, 2.05) is 0 Å². The molecule has 1 N–H and O–H groups in total. The van der Waals surface area contributed by atoms with Crippen molar-refractivity contribution in [3.63, 3.8) is 0 Å². The van der Waals surface area contributed by atoms with E-state index in [1.54, 1.807) is 27.8 Å². The second-order valence-corrected chi connectivity index (χ2v) is 8.58. The van der Waals surface area contributed by atoms with E-state index >= 15 is 0 Å². The third kappa shape index (κ3) is 3.64. The number of carboxylic acids is 1. The van der Waals surface area contributed by atoms with Crippen LogP contribution in [0.15, 0.2) is 28.3 Å². The van der Waals surface area contributed by atoms with Crippen molar-refractivity contribution in [2.75, 3.05) is 30.3 Å². The molecule has 0 radical (unpaired) electrons. The minimum Gasteiger partial charge on any atom is -0.481 e. The maximum atomic E-state index is 12.8. The van der Waals surface area contributed by atoms with Gasteiger partial charge in [-0.25, -0.2) is 8.42 Å². The van der Waals surface area contributed by atoms with Crippen LogP contribution in [0.2, 0.25) is 0 Å². The summed E-state index contributed by atoms with van der Waals surface area (Å²) in [5.41, 5.74) is 0.413. The molecule has 3 aliphatic heterocycles. The van der Waals surface area contributed by atoms with Gasteiger partial charge in [-0.2, -0.15) is 11.8 Å². The van der Waals surface area contributed by atoms with Crippen molar-refractivity contribution in [1.29, 1.82) is 0 Å². The minimum absolute atomic E-state index is 0.0790. The molecule has 0 aromatic rings. The Labute approximate surface area is 144 Å². The van der Waals surface area contributed by atoms with Gasteiger partial charge in [-0.3, -0.25) is 9.59 Å². The fourth-order valence-corrected chi connectivity index (χ4v) is 4.82. The number of hydrogen-bond donors (Lipinski definition) is 1. The van der Waals surface area contributed by atoms with Gasteiger partial charge in [0.05, 0.1) is 23.8 Å². The molecule has 3 rings (SSSR count). The standard InChI is InChI=1S/C14H17N3O5S2/c18-13(19)7-11-9-23-5-3-17(11)14(20)10-1-2-12-15-24(21,22)6-4-16(12)8-10/h1-2,8,11H,3-7,9H2,(H,18,19). The Morgan fingerprint density at radius 3 is 2.88 bits per heavy atom. The van der Waals surface area contributed by atoms with Crippen molar-refractivity contribution in [2.24, 2.45) is 4.40 Å². The fraction of sp³-hybridized carbons (Fsp3) is 0.500. The zero-order valence-electron chi connectivity index (χ0n) is 12.8. The number of nitrogens with zero attached hydrogens (tertiary/aromatic N) is 3. The number of amides is 1. The third-order valence-corrected chi connectivity index (χ3v) is 6.22. The Kier molecular flexibility index (Phi) is 4.68. The summed E-state index contributed by atoms with van der Waals surface area (Å²) in [5, 5.41) is 9.02. The number of rotatable bonds is 3. The summed E-state index contributed by atoms with van der Waals surface area (Å²) in [4.78, 5) is 27.0. The fourth-order valence-electron chi connectivity index (χ4n) is 2.79. The first-order valence-corrected chi connectivity index (χ1v) is 10.2. The van der Waals surface area contributed by atoms with Gasteiger partial charge in [0, 0.05) is 30.8 Å². The monoisotopic (exact) mass is 371 g/mol. The summed E-state index contributed by atoms with van der Waals surface area (Å²) < 4.78 is 26.7. The highest BCUT2D eigenvalue weighted by Gasteiger charge is 2.32. The lowest BCUT2D eigenvalue weighted by Crippen LogP contribution is -2.48. The molecule has 3 heterocycles. The molecule has 0 saturated carbocycles. The quantitative estimate of drug-likeness (QED) is 0.738. The number of aliphatic carboxylic acids is 1. The van der Waals surface area contributed by atoms with E-state index in [0.29, 0.717) is 23.7 Å². The van der Waals surface area contributed by atoms with Crippen molar-refractivity contribution >= 4 is 39.5 Å². The Bertz CT molecular complexity index is 756. The Morgan fingerprint density at radius 2 is 2.12 bits per heavy atom. The Balaban J connectivity index is 1.79. The molecule has 0 bridgehead atoms. The van der Waals surface area contributed by atoms with Crippen LogP contribution in [0.3, 0.4) is 0 Å². The van der Waals surface area contributed by atoms with Crippen LogP contribution in [-0.2, 0) is 19.6 Å². The highest BCUT2D eigenvalue weighted by Crippen LogP contribution is 2.23. The lowest BCUT2D eigenvalue weighted by atomic mass is 10.1. The molecule has 8 nitrogen and oxygen atoms in total. The summed E-state index contributed by atoms with van der Waals surface area (Å²) in [6.45, 7) is 0.749. The molecule has 130 valence electrons. The number of carbonyl (C=O) groups is 2. The lowest BCUT2D eigenvalue weighted by molar-refractivity contribution is -0.139. The smallest absolute Gasteiger partial charge is 0.305 e. The third-order valence-electron chi connectivity index (χ3n) is 3.97. The topological polar surface area (TPSA) is 107 Å². The Hall–Kier alpha value is -1.81. The van der Waals surface area contributed by atoms with Crippen molar-refractivity contribution in [1.82, 2.24) is 9.80 Å². The predicted molar refractivity (Wildman–Crippen MR) is 90.2 cm³/mol. The van der Waals surface area contributed by atoms with E-state index < -0.39 is 16.0 Å². The van der Waals surface area contributed by atoms with E-state index in [9.17, 15) is 18.0 Å². The SMILES string of the molecule is O=C(O)CC1CSCCN1C(=O)C1=CN2CCS(=O)(=O)N=C2C=C1. The zero-order valence-corrected chi connectivity index (χ0v) is 14.4. The molecule has 10 heteroatoms. The molecule has 0 aliphatic carbocycles. The van der Waals surface area contributed by atoms with Crippen molar-refractivity contribution in [3.05, 3.63) is 23.9 Å². The molecular weight excluding hydrogens is 354 g/mol. The average molecular weight is 371 g/mol. The largest absolute Gasteiger partial charge is 0.481 e. The van der Waals surface area contributed by atoms with Crippen LogP contribution in [0.4, 0.5) is 0 Å². The molecular formula is C14H17N3O5S2. The van der Waals surface area contributed by atoms with E-state index in [1.165, 1.54) is 12.2 Å². The van der Waals surface area contributed by atoms with Gasteiger partial charge < -0.3 is 14.9 Å². The van der Waals surface area contributed by atoms with Gasteiger partial charge in [0.25, 0.3) is 15.9 Å². The highest BCUT2D eigenvalue weighted by atomic mass is 32.2. The molecule has 1 amide bonds. The maximum Gasteiger partial charge on any atom is 0.305 e. The van der Waals surface area contributed by atoms with Gasteiger partial charge in [-0.05, 0) is 12.2 Å². The van der Waals surface area contributed by atoms with Crippen molar-refractivity contribution < 1.29 is 23.1 Å². The molecule has 0 aromatic heterocycles. The van der Waals surface area contributed by atoms with Gasteiger partial charge >= 0.3 is 5.97 Å². The van der Waals surface area contributed by atoms with E-state index in [-0.39, 0.29) is 30.7 Å².